The van der Waals surface area contributed by atoms with Crippen LogP contribution in [-0.4, -0.2) is 17.9 Å². The first kappa shape index (κ1) is 13.3. The predicted molar refractivity (Wildman–Crippen MR) is 76.1 cm³/mol. The van der Waals surface area contributed by atoms with Crippen LogP contribution in [-0.2, 0) is 4.84 Å². The molecule has 0 aliphatic rings. The molecular formula is C16H17NO2. The smallest absolute Gasteiger partial charge is 0.175 e. The first-order valence-electron chi connectivity index (χ1n) is 6.21. The maximum atomic E-state index is 9.31. The van der Waals surface area contributed by atoms with Crippen LogP contribution >= 0.6 is 0 Å². The van der Waals surface area contributed by atoms with Gasteiger partial charge in [0, 0.05) is 0 Å². The molecule has 0 saturated heterocycles. The van der Waals surface area contributed by atoms with E-state index in [0.29, 0.717) is 0 Å². The van der Waals surface area contributed by atoms with E-state index in [1.807, 2.05) is 61.5 Å². The lowest BCUT2D eigenvalue weighted by molar-refractivity contribution is 0.0163. The Hall–Kier alpha value is -2.13. The quantitative estimate of drug-likeness (QED) is 0.659. The van der Waals surface area contributed by atoms with Gasteiger partial charge in [-0.25, -0.2) is 0 Å². The molecule has 3 heteroatoms. The van der Waals surface area contributed by atoms with Crippen molar-refractivity contribution in [2.24, 2.45) is 5.16 Å². The van der Waals surface area contributed by atoms with E-state index in [9.17, 15) is 5.11 Å². The maximum Gasteiger partial charge on any atom is 0.175 e. The van der Waals surface area contributed by atoms with E-state index < -0.39 is 6.10 Å². The molecule has 2 rings (SSSR count). The molecule has 2 aromatic carbocycles. The lowest BCUT2D eigenvalue weighted by atomic mass is 10.1. The summed E-state index contributed by atoms with van der Waals surface area (Å²) in [5, 5.41) is 13.2. The Kier molecular flexibility index (Phi) is 4.70. The third-order valence-electron chi connectivity index (χ3n) is 2.80. The third-order valence-corrected chi connectivity index (χ3v) is 2.80. The number of oxime groups is 1. The minimum Gasteiger partial charge on any atom is -0.392 e. The summed E-state index contributed by atoms with van der Waals surface area (Å²) in [6.45, 7) is 1.93. The molecule has 1 N–H and O–H groups in total. The standard InChI is InChI=1S/C16H17NO2/c1-13-7-9-14(10-8-13)11-17-19-16(12-18)15-5-3-2-4-6-15/h2-11,16,18H,12H2,1H3/b17-11+/t16-/m1/s1. The summed E-state index contributed by atoms with van der Waals surface area (Å²) in [7, 11) is 0. The number of rotatable bonds is 5. The summed E-state index contributed by atoms with van der Waals surface area (Å²) in [6.07, 6.45) is 1.22. The molecule has 98 valence electrons. The highest BCUT2D eigenvalue weighted by atomic mass is 16.6. The number of hydrogen-bond donors (Lipinski definition) is 1. The van der Waals surface area contributed by atoms with Crippen LogP contribution in [0.3, 0.4) is 0 Å². The van der Waals surface area contributed by atoms with Crippen molar-refractivity contribution in [3.8, 4) is 0 Å². The first-order chi connectivity index (χ1) is 9.29. The van der Waals surface area contributed by atoms with Gasteiger partial charge in [0.15, 0.2) is 6.10 Å². The molecule has 1 atom stereocenters. The SMILES string of the molecule is Cc1ccc(/C=N/O[C@H](CO)c2ccccc2)cc1. The molecule has 0 amide bonds. The van der Waals surface area contributed by atoms with Gasteiger partial charge in [0.25, 0.3) is 0 Å². The lowest BCUT2D eigenvalue weighted by Gasteiger charge is -2.11. The summed E-state index contributed by atoms with van der Waals surface area (Å²) < 4.78 is 0. The van der Waals surface area contributed by atoms with Crippen LogP contribution in [0, 0.1) is 6.92 Å². The van der Waals surface area contributed by atoms with Crippen LogP contribution in [0.5, 0.6) is 0 Å². The fraction of sp³-hybridized carbons (Fsp3) is 0.188. The molecule has 0 heterocycles. The number of aliphatic hydroxyl groups excluding tert-OH is 1. The number of benzene rings is 2. The molecule has 0 radical (unpaired) electrons. The Morgan fingerprint density at radius 3 is 2.42 bits per heavy atom. The van der Waals surface area contributed by atoms with Crippen LogP contribution in [0.15, 0.2) is 59.8 Å². The average Bonchev–Trinajstić information content (AvgIpc) is 2.46. The van der Waals surface area contributed by atoms with Crippen molar-refractivity contribution in [3.05, 3.63) is 71.3 Å². The molecule has 19 heavy (non-hydrogen) atoms. The number of aryl methyl sites for hydroxylation is 1. The summed E-state index contributed by atoms with van der Waals surface area (Å²) in [5.74, 6) is 0. The van der Waals surface area contributed by atoms with Crippen LogP contribution < -0.4 is 0 Å². The topological polar surface area (TPSA) is 41.8 Å². The first-order valence-corrected chi connectivity index (χ1v) is 6.21. The molecule has 0 aliphatic heterocycles. The van der Waals surface area contributed by atoms with E-state index in [2.05, 4.69) is 5.16 Å². The molecule has 0 aliphatic carbocycles. The van der Waals surface area contributed by atoms with E-state index in [1.54, 1.807) is 6.21 Å². The molecule has 0 aromatic heterocycles. The fourth-order valence-electron chi connectivity index (χ4n) is 1.68. The van der Waals surface area contributed by atoms with Gasteiger partial charge in [-0.3, -0.25) is 0 Å². The molecular weight excluding hydrogens is 238 g/mol. The normalized spacial score (nSPS) is 12.5. The van der Waals surface area contributed by atoms with Crippen LogP contribution in [0.2, 0.25) is 0 Å². The zero-order valence-electron chi connectivity index (χ0n) is 10.9. The van der Waals surface area contributed by atoms with Crippen molar-refractivity contribution >= 4 is 6.21 Å². The largest absolute Gasteiger partial charge is 0.392 e. The number of aliphatic hydroxyl groups is 1. The monoisotopic (exact) mass is 255 g/mol. The molecule has 3 nitrogen and oxygen atoms in total. The van der Waals surface area contributed by atoms with Gasteiger partial charge in [-0.2, -0.15) is 0 Å². The van der Waals surface area contributed by atoms with Crippen molar-refractivity contribution in [1.82, 2.24) is 0 Å². The number of nitrogens with zero attached hydrogens (tertiary/aromatic N) is 1. The molecule has 0 unspecified atom stereocenters. The second-order valence-electron chi connectivity index (χ2n) is 4.33. The molecule has 0 spiro atoms. The summed E-state index contributed by atoms with van der Waals surface area (Å²) in [6, 6.07) is 17.5. The minimum atomic E-state index is -0.428. The Bertz CT molecular complexity index is 520. The van der Waals surface area contributed by atoms with Gasteiger partial charge < -0.3 is 9.94 Å². The van der Waals surface area contributed by atoms with Crippen molar-refractivity contribution in [2.45, 2.75) is 13.0 Å². The highest BCUT2D eigenvalue weighted by Crippen LogP contribution is 2.16. The van der Waals surface area contributed by atoms with Crippen molar-refractivity contribution in [1.29, 1.82) is 0 Å². The summed E-state index contributed by atoms with van der Waals surface area (Å²) >= 11 is 0. The van der Waals surface area contributed by atoms with Gasteiger partial charge in [-0.1, -0.05) is 65.3 Å². The van der Waals surface area contributed by atoms with E-state index in [0.717, 1.165) is 11.1 Å². The summed E-state index contributed by atoms with van der Waals surface area (Å²) in [4.78, 5) is 5.33. The second-order valence-corrected chi connectivity index (χ2v) is 4.33. The Morgan fingerprint density at radius 1 is 1.11 bits per heavy atom. The van der Waals surface area contributed by atoms with Crippen LogP contribution in [0.1, 0.15) is 22.8 Å². The van der Waals surface area contributed by atoms with Gasteiger partial charge in [0.1, 0.15) is 0 Å². The van der Waals surface area contributed by atoms with Crippen LogP contribution in [0.4, 0.5) is 0 Å². The minimum absolute atomic E-state index is 0.102. The highest BCUT2D eigenvalue weighted by Gasteiger charge is 2.09. The Balaban J connectivity index is 1.98. The number of hydrogen-bond acceptors (Lipinski definition) is 3. The predicted octanol–water partition coefficient (Wildman–Crippen LogP) is 3.08. The Morgan fingerprint density at radius 2 is 1.79 bits per heavy atom. The van der Waals surface area contributed by atoms with Crippen molar-refractivity contribution in [2.75, 3.05) is 6.61 Å². The van der Waals surface area contributed by atoms with E-state index in [4.69, 9.17) is 4.84 Å². The second kappa shape index (κ2) is 6.71. The zero-order chi connectivity index (χ0) is 13.5. The van der Waals surface area contributed by atoms with E-state index in [1.165, 1.54) is 5.56 Å². The molecule has 0 fully saturated rings. The van der Waals surface area contributed by atoms with Crippen molar-refractivity contribution in [3.63, 3.8) is 0 Å². The Labute approximate surface area is 113 Å². The highest BCUT2D eigenvalue weighted by molar-refractivity contribution is 5.79. The van der Waals surface area contributed by atoms with Gasteiger partial charge in [-0.15, -0.1) is 0 Å². The average molecular weight is 255 g/mol. The van der Waals surface area contributed by atoms with E-state index >= 15 is 0 Å². The third kappa shape index (κ3) is 3.93. The lowest BCUT2D eigenvalue weighted by Crippen LogP contribution is -2.05. The van der Waals surface area contributed by atoms with Gasteiger partial charge in [0.05, 0.1) is 12.8 Å². The van der Waals surface area contributed by atoms with Gasteiger partial charge in [0.2, 0.25) is 0 Å². The fourth-order valence-corrected chi connectivity index (χ4v) is 1.68. The van der Waals surface area contributed by atoms with Gasteiger partial charge >= 0.3 is 0 Å². The molecule has 2 aromatic rings. The molecule has 0 saturated carbocycles. The summed E-state index contributed by atoms with van der Waals surface area (Å²) in [5.41, 5.74) is 3.08. The zero-order valence-corrected chi connectivity index (χ0v) is 10.9. The van der Waals surface area contributed by atoms with Crippen LogP contribution in [0.25, 0.3) is 0 Å². The maximum absolute atomic E-state index is 9.31. The molecule has 0 bridgehead atoms. The van der Waals surface area contributed by atoms with Crippen molar-refractivity contribution < 1.29 is 9.94 Å². The van der Waals surface area contributed by atoms with Gasteiger partial charge in [-0.05, 0) is 18.1 Å². The van der Waals surface area contributed by atoms with E-state index in [-0.39, 0.29) is 6.61 Å².